The molecular formula is C21H26N4OS. The zero-order valence-corrected chi connectivity index (χ0v) is 16.8. The molecule has 27 heavy (non-hydrogen) atoms. The number of rotatable bonds is 7. The van der Waals surface area contributed by atoms with Crippen LogP contribution in [0.2, 0.25) is 0 Å². The molecule has 1 aliphatic heterocycles. The molecule has 4 rings (SSSR count). The summed E-state index contributed by atoms with van der Waals surface area (Å²) in [5, 5.41) is 3.13. The van der Waals surface area contributed by atoms with Crippen LogP contribution in [-0.4, -0.2) is 33.0 Å². The molecule has 3 heterocycles. The average molecular weight is 383 g/mol. The van der Waals surface area contributed by atoms with Gasteiger partial charge in [0.1, 0.15) is 18.2 Å². The van der Waals surface area contributed by atoms with Crippen molar-refractivity contribution in [3.63, 3.8) is 0 Å². The molecule has 142 valence electrons. The number of hydrogen-bond acceptors (Lipinski definition) is 5. The van der Waals surface area contributed by atoms with E-state index in [1.54, 1.807) is 11.3 Å². The first-order valence-electron chi connectivity index (χ1n) is 9.47. The van der Waals surface area contributed by atoms with E-state index in [1.807, 2.05) is 13.1 Å². The fraction of sp³-hybridized carbons (Fsp3) is 0.429. The van der Waals surface area contributed by atoms with Crippen molar-refractivity contribution in [1.82, 2.24) is 19.4 Å². The van der Waals surface area contributed by atoms with Crippen LogP contribution in [-0.2, 0) is 26.1 Å². The Labute approximate surface area is 164 Å². The van der Waals surface area contributed by atoms with Gasteiger partial charge in [0, 0.05) is 43.8 Å². The highest BCUT2D eigenvalue weighted by atomic mass is 32.1. The molecule has 1 unspecified atom stereocenters. The summed E-state index contributed by atoms with van der Waals surface area (Å²) in [5.41, 5.74) is 2.31. The second-order valence-electron chi connectivity index (χ2n) is 7.38. The quantitative estimate of drug-likeness (QED) is 0.621. The summed E-state index contributed by atoms with van der Waals surface area (Å²) in [6, 6.07) is 8.43. The molecular weight excluding hydrogens is 356 g/mol. The predicted octanol–water partition coefficient (Wildman–Crippen LogP) is 3.92. The maximum atomic E-state index is 5.83. The fourth-order valence-corrected chi connectivity index (χ4v) is 4.31. The molecule has 1 aromatic carbocycles. The number of thiazole rings is 1. The third kappa shape index (κ3) is 4.76. The molecule has 0 saturated heterocycles. The van der Waals surface area contributed by atoms with Crippen molar-refractivity contribution in [2.24, 2.45) is 5.92 Å². The van der Waals surface area contributed by atoms with E-state index in [4.69, 9.17) is 4.74 Å². The molecule has 0 saturated carbocycles. The Morgan fingerprint density at radius 2 is 2.15 bits per heavy atom. The van der Waals surface area contributed by atoms with Crippen LogP contribution >= 0.6 is 11.3 Å². The number of benzene rings is 1. The Morgan fingerprint density at radius 3 is 2.93 bits per heavy atom. The van der Waals surface area contributed by atoms with E-state index in [0.717, 1.165) is 42.5 Å². The molecule has 0 fully saturated rings. The number of aromatic nitrogens is 3. The molecule has 3 aromatic rings. The van der Waals surface area contributed by atoms with Gasteiger partial charge in [0.2, 0.25) is 0 Å². The van der Waals surface area contributed by atoms with Crippen LogP contribution in [0.15, 0.2) is 42.0 Å². The van der Waals surface area contributed by atoms with Gasteiger partial charge in [-0.2, -0.15) is 0 Å². The summed E-state index contributed by atoms with van der Waals surface area (Å²) in [6.07, 6.45) is 6.33. The minimum atomic E-state index is 0.529. The van der Waals surface area contributed by atoms with Crippen LogP contribution in [0, 0.1) is 12.8 Å². The highest BCUT2D eigenvalue weighted by Crippen LogP contribution is 2.21. The fourth-order valence-electron chi connectivity index (χ4n) is 3.71. The van der Waals surface area contributed by atoms with Gasteiger partial charge in [-0.25, -0.2) is 9.97 Å². The van der Waals surface area contributed by atoms with Gasteiger partial charge < -0.3 is 14.2 Å². The third-order valence-corrected chi connectivity index (χ3v) is 5.87. The van der Waals surface area contributed by atoms with Crippen molar-refractivity contribution in [3.8, 4) is 5.75 Å². The number of nitrogens with zero attached hydrogens (tertiary/aromatic N) is 4. The smallest absolute Gasteiger partial charge is 0.131 e. The number of ether oxygens (including phenoxy) is 1. The summed E-state index contributed by atoms with van der Waals surface area (Å²) in [7, 11) is 2.20. The molecule has 0 radical (unpaired) electrons. The van der Waals surface area contributed by atoms with Gasteiger partial charge in [0.05, 0.1) is 10.7 Å². The van der Waals surface area contributed by atoms with Crippen molar-refractivity contribution >= 4 is 11.3 Å². The van der Waals surface area contributed by atoms with Crippen molar-refractivity contribution in [2.45, 2.75) is 39.5 Å². The second kappa shape index (κ2) is 8.23. The second-order valence-corrected chi connectivity index (χ2v) is 8.45. The van der Waals surface area contributed by atoms with Gasteiger partial charge in [-0.05, 0) is 44.0 Å². The van der Waals surface area contributed by atoms with Gasteiger partial charge in [0.15, 0.2) is 0 Å². The highest BCUT2D eigenvalue weighted by molar-refractivity contribution is 7.09. The Bertz CT molecular complexity index is 870. The number of imidazole rings is 1. The van der Waals surface area contributed by atoms with E-state index >= 15 is 0 Å². The van der Waals surface area contributed by atoms with Crippen LogP contribution in [0.4, 0.5) is 0 Å². The molecule has 5 nitrogen and oxygen atoms in total. The van der Waals surface area contributed by atoms with Gasteiger partial charge in [-0.3, -0.25) is 0 Å². The summed E-state index contributed by atoms with van der Waals surface area (Å²) >= 11 is 1.66. The first kappa shape index (κ1) is 18.2. The number of fused-ring (bicyclic) bond motifs is 1. The van der Waals surface area contributed by atoms with Gasteiger partial charge >= 0.3 is 0 Å². The van der Waals surface area contributed by atoms with Gasteiger partial charge in [-0.15, -0.1) is 11.3 Å². The zero-order valence-electron chi connectivity index (χ0n) is 16.0. The van der Waals surface area contributed by atoms with Crippen LogP contribution in [0.5, 0.6) is 5.75 Å². The minimum absolute atomic E-state index is 0.529. The molecule has 1 atom stereocenters. The molecule has 0 bridgehead atoms. The summed E-state index contributed by atoms with van der Waals surface area (Å²) in [6.45, 7) is 5.70. The van der Waals surface area contributed by atoms with E-state index in [0.29, 0.717) is 12.5 Å². The Hall–Kier alpha value is -2.18. The van der Waals surface area contributed by atoms with E-state index in [2.05, 4.69) is 62.3 Å². The molecule has 0 aliphatic carbocycles. The lowest BCUT2D eigenvalue weighted by molar-refractivity contribution is 0.238. The third-order valence-electron chi connectivity index (χ3n) is 5.05. The SMILES string of the molecule is Cc1nc(COc2ccc(CN(C)CC3CCn4ccnc4C3)cc2)cs1. The molecule has 2 aromatic heterocycles. The molecule has 1 aliphatic rings. The highest BCUT2D eigenvalue weighted by Gasteiger charge is 2.20. The predicted molar refractivity (Wildman–Crippen MR) is 108 cm³/mol. The zero-order chi connectivity index (χ0) is 18.6. The van der Waals surface area contributed by atoms with E-state index in [9.17, 15) is 0 Å². The lowest BCUT2D eigenvalue weighted by atomic mass is 9.97. The minimum Gasteiger partial charge on any atom is -0.487 e. The van der Waals surface area contributed by atoms with Crippen LogP contribution in [0.25, 0.3) is 0 Å². The lowest BCUT2D eigenvalue weighted by Crippen LogP contribution is -2.30. The first-order valence-corrected chi connectivity index (χ1v) is 10.3. The molecule has 0 amide bonds. The Balaban J connectivity index is 1.25. The summed E-state index contributed by atoms with van der Waals surface area (Å²) < 4.78 is 8.11. The largest absolute Gasteiger partial charge is 0.487 e. The average Bonchev–Trinajstić information content (AvgIpc) is 3.29. The van der Waals surface area contributed by atoms with Crippen molar-refractivity contribution in [2.75, 3.05) is 13.6 Å². The van der Waals surface area contributed by atoms with Crippen molar-refractivity contribution in [1.29, 1.82) is 0 Å². The standard InChI is InChI=1S/C21H26N4OS/c1-16-23-19(15-27-16)14-26-20-5-3-17(4-6-20)12-24(2)13-18-7-9-25-10-8-22-21(25)11-18/h3-6,8,10,15,18H,7,9,11-14H2,1-2H3. The Morgan fingerprint density at radius 1 is 1.30 bits per heavy atom. The molecule has 0 spiro atoms. The van der Waals surface area contributed by atoms with Crippen LogP contribution in [0.1, 0.15) is 28.5 Å². The topological polar surface area (TPSA) is 43.2 Å². The van der Waals surface area contributed by atoms with Crippen molar-refractivity contribution in [3.05, 3.63) is 64.1 Å². The van der Waals surface area contributed by atoms with Crippen LogP contribution in [0.3, 0.4) is 0 Å². The summed E-state index contributed by atoms with van der Waals surface area (Å²) in [5.74, 6) is 2.82. The normalized spacial score (nSPS) is 16.5. The van der Waals surface area contributed by atoms with Gasteiger partial charge in [-0.1, -0.05) is 12.1 Å². The molecule has 0 N–H and O–H groups in total. The van der Waals surface area contributed by atoms with E-state index < -0.39 is 0 Å². The summed E-state index contributed by atoms with van der Waals surface area (Å²) in [4.78, 5) is 11.3. The Kier molecular flexibility index (Phi) is 5.55. The van der Waals surface area contributed by atoms with Crippen LogP contribution < -0.4 is 4.74 Å². The number of hydrogen-bond donors (Lipinski definition) is 0. The monoisotopic (exact) mass is 382 g/mol. The van der Waals surface area contributed by atoms with Gasteiger partial charge in [0.25, 0.3) is 0 Å². The lowest BCUT2D eigenvalue weighted by Gasteiger charge is -2.27. The maximum Gasteiger partial charge on any atom is 0.131 e. The maximum absolute atomic E-state index is 5.83. The first-order chi connectivity index (χ1) is 13.2. The number of aryl methyl sites for hydroxylation is 2. The van der Waals surface area contributed by atoms with Crippen molar-refractivity contribution < 1.29 is 4.74 Å². The van der Waals surface area contributed by atoms with E-state index in [-0.39, 0.29) is 0 Å². The van der Waals surface area contributed by atoms with E-state index in [1.165, 1.54) is 17.8 Å². The molecule has 6 heteroatoms.